The molecule has 13 heavy (non-hydrogen) atoms. The van der Waals surface area contributed by atoms with Crippen LogP contribution in [0, 0.1) is 5.92 Å². The van der Waals surface area contributed by atoms with E-state index in [1.807, 2.05) is 13.2 Å². The van der Waals surface area contributed by atoms with E-state index in [0.29, 0.717) is 5.92 Å². The second kappa shape index (κ2) is 4.36. The highest BCUT2D eigenvalue weighted by Gasteiger charge is 2.40. The fourth-order valence-corrected chi connectivity index (χ4v) is 2.83. The largest absolute Gasteiger partial charge is 0.480 e. The molecule has 0 radical (unpaired) electrons. The molecule has 1 atom stereocenters. The lowest BCUT2D eigenvalue weighted by molar-refractivity contribution is -0.141. The zero-order valence-corrected chi connectivity index (χ0v) is 9.19. The Hall–Kier alpha value is -0.180. The first kappa shape index (κ1) is 10.9. The average Bonchev–Trinajstić information content (AvgIpc) is 2.17. The van der Waals surface area contributed by atoms with Gasteiger partial charge in [-0.05, 0) is 31.9 Å². The Balaban J connectivity index is 2.68. The van der Waals surface area contributed by atoms with Crippen LogP contribution in [0.4, 0.5) is 0 Å². The van der Waals surface area contributed by atoms with Crippen molar-refractivity contribution in [1.82, 2.24) is 0 Å². The number of thioether (sulfide) groups is 1. The van der Waals surface area contributed by atoms with Gasteiger partial charge in [-0.3, -0.25) is 4.79 Å². The van der Waals surface area contributed by atoms with Crippen molar-refractivity contribution in [3.63, 3.8) is 0 Å². The first-order valence-electron chi connectivity index (χ1n) is 4.90. The lowest BCUT2D eigenvalue weighted by Gasteiger charge is -2.34. The molecule has 0 aromatic heterocycles. The lowest BCUT2D eigenvalue weighted by Crippen LogP contribution is -2.40. The van der Waals surface area contributed by atoms with E-state index < -0.39 is 10.7 Å². The minimum Gasteiger partial charge on any atom is -0.480 e. The molecule has 0 saturated heterocycles. The smallest absolute Gasteiger partial charge is 0.319 e. The minimum absolute atomic E-state index is 0.369. The van der Waals surface area contributed by atoms with Crippen LogP contribution in [0.5, 0.6) is 0 Å². The van der Waals surface area contributed by atoms with Crippen molar-refractivity contribution >= 4 is 17.7 Å². The summed E-state index contributed by atoms with van der Waals surface area (Å²) in [5, 5.41) is 9.16. The van der Waals surface area contributed by atoms with Crippen molar-refractivity contribution in [2.45, 2.75) is 43.8 Å². The fraction of sp³-hybridized carbons (Fsp3) is 0.900. The third-order valence-electron chi connectivity index (χ3n) is 3.23. The lowest BCUT2D eigenvalue weighted by atomic mass is 9.80. The van der Waals surface area contributed by atoms with Crippen molar-refractivity contribution in [3.8, 4) is 0 Å². The van der Waals surface area contributed by atoms with Gasteiger partial charge in [-0.25, -0.2) is 0 Å². The molecule has 0 aliphatic heterocycles. The summed E-state index contributed by atoms with van der Waals surface area (Å²) in [4.78, 5) is 11.1. The predicted octanol–water partition coefficient (Wildman–Crippen LogP) is 2.77. The van der Waals surface area contributed by atoms with Crippen LogP contribution >= 0.6 is 11.8 Å². The number of rotatable bonds is 3. The number of carbonyl (C=O) groups is 1. The number of carboxylic acid groups (broad SMARTS) is 1. The summed E-state index contributed by atoms with van der Waals surface area (Å²) in [5.41, 5.74) is 0. The molecule has 1 saturated carbocycles. The van der Waals surface area contributed by atoms with E-state index in [9.17, 15) is 4.79 Å². The molecular formula is C10H18O2S. The van der Waals surface area contributed by atoms with Crippen LogP contribution in [-0.2, 0) is 4.79 Å². The van der Waals surface area contributed by atoms with Gasteiger partial charge >= 0.3 is 5.97 Å². The summed E-state index contributed by atoms with van der Waals surface area (Å²) in [6.45, 7) is 1.87. The fourth-order valence-electron chi connectivity index (χ4n) is 2.08. The molecule has 1 aliphatic carbocycles. The number of carboxylic acids is 1. The second-order valence-corrected chi connectivity index (χ2v) is 5.21. The van der Waals surface area contributed by atoms with E-state index in [1.54, 1.807) is 0 Å². The van der Waals surface area contributed by atoms with Gasteiger partial charge in [0.2, 0.25) is 0 Å². The van der Waals surface area contributed by atoms with Gasteiger partial charge in [0.05, 0.1) is 0 Å². The van der Waals surface area contributed by atoms with Crippen LogP contribution in [0.25, 0.3) is 0 Å². The van der Waals surface area contributed by atoms with Crippen LogP contribution in [0.3, 0.4) is 0 Å². The van der Waals surface area contributed by atoms with E-state index in [0.717, 1.165) is 12.8 Å². The van der Waals surface area contributed by atoms with Gasteiger partial charge in [-0.2, -0.15) is 0 Å². The Bertz CT molecular complexity index is 187. The Morgan fingerprint density at radius 3 is 2.31 bits per heavy atom. The third-order valence-corrected chi connectivity index (χ3v) is 4.59. The maximum Gasteiger partial charge on any atom is 0.319 e. The summed E-state index contributed by atoms with van der Waals surface area (Å²) in [7, 11) is 0. The van der Waals surface area contributed by atoms with E-state index >= 15 is 0 Å². The summed E-state index contributed by atoms with van der Waals surface area (Å²) in [6.07, 6.45) is 7.76. The summed E-state index contributed by atoms with van der Waals surface area (Å²) < 4.78 is -0.555. The van der Waals surface area contributed by atoms with Gasteiger partial charge in [-0.1, -0.05) is 19.3 Å². The van der Waals surface area contributed by atoms with Crippen molar-refractivity contribution in [3.05, 3.63) is 0 Å². The second-order valence-electron chi connectivity index (χ2n) is 3.95. The molecule has 0 aromatic rings. The molecule has 76 valence electrons. The van der Waals surface area contributed by atoms with Gasteiger partial charge in [-0.15, -0.1) is 11.8 Å². The Morgan fingerprint density at radius 1 is 1.38 bits per heavy atom. The van der Waals surface area contributed by atoms with E-state index in [4.69, 9.17) is 5.11 Å². The van der Waals surface area contributed by atoms with Crippen molar-refractivity contribution < 1.29 is 9.90 Å². The highest BCUT2D eigenvalue weighted by atomic mass is 32.2. The monoisotopic (exact) mass is 202 g/mol. The Labute approximate surface area is 84.1 Å². The molecule has 3 heteroatoms. The summed E-state index contributed by atoms with van der Waals surface area (Å²) in [6, 6.07) is 0. The highest BCUT2D eigenvalue weighted by molar-refractivity contribution is 8.00. The molecular weight excluding hydrogens is 184 g/mol. The average molecular weight is 202 g/mol. The van der Waals surface area contributed by atoms with Gasteiger partial charge in [0.1, 0.15) is 4.75 Å². The highest BCUT2D eigenvalue weighted by Crippen LogP contribution is 2.40. The van der Waals surface area contributed by atoms with E-state index in [1.165, 1.54) is 31.0 Å². The van der Waals surface area contributed by atoms with E-state index in [-0.39, 0.29) is 0 Å². The predicted molar refractivity (Wildman–Crippen MR) is 56.1 cm³/mol. The molecule has 1 aliphatic rings. The zero-order valence-electron chi connectivity index (χ0n) is 8.38. The first-order chi connectivity index (χ1) is 6.11. The van der Waals surface area contributed by atoms with Crippen LogP contribution in [0.2, 0.25) is 0 Å². The van der Waals surface area contributed by atoms with Crippen LogP contribution in [0.15, 0.2) is 0 Å². The minimum atomic E-state index is -0.646. The SMILES string of the molecule is CSC(C)(C(=O)O)C1CCCCC1. The maximum atomic E-state index is 11.1. The number of hydrogen-bond donors (Lipinski definition) is 1. The molecule has 0 aromatic carbocycles. The van der Waals surface area contributed by atoms with Crippen molar-refractivity contribution in [2.75, 3.05) is 6.26 Å². The molecule has 0 amide bonds. The van der Waals surface area contributed by atoms with E-state index in [2.05, 4.69) is 0 Å². The first-order valence-corrected chi connectivity index (χ1v) is 6.12. The molecule has 1 fully saturated rings. The molecule has 0 spiro atoms. The van der Waals surface area contributed by atoms with Crippen molar-refractivity contribution in [1.29, 1.82) is 0 Å². The van der Waals surface area contributed by atoms with Gasteiger partial charge in [0, 0.05) is 0 Å². The zero-order chi connectivity index (χ0) is 9.90. The standard InChI is InChI=1S/C10H18O2S/c1-10(13-2,9(11)12)8-6-4-3-5-7-8/h8H,3-7H2,1-2H3,(H,11,12). The number of aliphatic carboxylic acids is 1. The number of hydrogen-bond acceptors (Lipinski definition) is 2. The van der Waals surface area contributed by atoms with Gasteiger partial charge in [0.15, 0.2) is 0 Å². The third kappa shape index (κ3) is 2.19. The molecule has 0 bridgehead atoms. The summed E-state index contributed by atoms with van der Waals surface area (Å²) in [5.74, 6) is -0.277. The molecule has 0 heterocycles. The molecule has 1 N–H and O–H groups in total. The topological polar surface area (TPSA) is 37.3 Å². The quantitative estimate of drug-likeness (QED) is 0.764. The normalized spacial score (nSPS) is 23.8. The Morgan fingerprint density at radius 2 is 1.92 bits per heavy atom. The molecule has 1 unspecified atom stereocenters. The Kier molecular flexibility index (Phi) is 3.65. The van der Waals surface area contributed by atoms with Crippen LogP contribution < -0.4 is 0 Å². The van der Waals surface area contributed by atoms with Crippen molar-refractivity contribution in [2.24, 2.45) is 5.92 Å². The molecule has 1 rings (SSSR count). The van der Waals surface area contributed by atoms with Crippen LogP contribution in [-0.4, -0.2) is 22.1 Å². The van der Waals surface area contributed by atoms with Gasteiger partial charge in [0.25, 0.3) is 0 Å². The summed E-state index contributed by atoms with van der Waals surface area (Å²) >= 11 is 1.49. The molecule has 2 nitrogen and oxygen atoms in total. The maximum absolute atomic E-state index is 11.1. The van der Waals surface area contributed by atoms with Gasteiger partial charge < -0.3 is 5.11 Å². The van der Waals surface area contributed by atoms with Crippen LogP contribution in [0.1, 0.15) is 39.0 Å².